The third kappa shape index (κ3) is 4.17. The highest BCUT2D eigenvalue weighted by molar-refractivity contribution is 5.30. The normalized spacial score (nSPS) is 14.1. The molecule has 2 aromatic rings. The molecular formula is C18H21FO. The van der Waals surface area contributed by atoms with Gasteiger partial charge in [-0.3, -0.25) is 0 Å². The van der Waals surface area contributed by atoms with Gasteiger partial charge in [-0.2, -0.15) is 0 Å². The van der Waals surface area contributed by atoms with E-state index >= 15 is 0 Å². The fourth-order valence-corrected chi connectivity index (χ4v) is 2.72. The van der Waals surface area contributed by atoms with Gasteiger partial charge >= 0.3 is 0 Å². The van der Waals surface area contributed by atoms with Crippen LogP contribution in [0.4, 0.5) is 4.39 Å². The lowest BCUT2D eigenvalue weighted by atomic mass is 9.89. The molecule has 0 radical (unpaired) electrons. The largest absolute Gasteiger partial charge is 0.389 e. The van der Waals surface area contributed by atoms with Gasteiger partial charge in [0.25, 0.3) is 0 Å². The van der Waals surface area contributed by atoms with Crippen molar-refractivity contribution in [1.29, 1.82) is 0 Å². The second-order valence-corrected chi connectivity index (χ2v) is 5.97. The molecule has 0 amide bonds. The number of rotatable bonds is 4. The molecule has 2 rings (SSSR count). The molecule has 0 aliphatic rings. The first kappa shape index (κ1) is 14.7. The van der Waals surface area contributed by atoms with Crippen LogP contribution in [0.5, 0.6) is 0 Å². The van der Waals surface area contributed by atoms with Gasteiger partial charge in [-0.25, -0.2) is 4.39 Å². The summed E-state index contributed by atoms with van der Waals surface area (Å²) in [6.07, 6.45) is 1.10. The molecule has 0 aliphatic heterocycles. The average Bonchev–Trinajstić information content (AvgIpc) is 2.29. The minimum absolute atomic E-state index is 0.247. The van der Waals surface area contributed by atoms with Crippen LogP contribution >= 0.6 is 0 Å². The smallest absolute Gasteiger partial charge is 0.123 e. The van der Waals surface area contributed by atoms with Crippen LogP contribution in [0.3, 0.4) is 0 Å². The molecule has 1 unspecified atom stereocenters. The van der Waals surface area contributed by atoms with Gasteiger partial charge in [-0.05, 0) is 44.0 Å². The Bertz CT molecular complexity index is 565. The van der Waals surface area contributed by atoms with E-state index in [1.165, 1.54) is 23.3 Å². The minimum Gasteiger partial charge on any atom is -0.389 e. The molecule has 0 saturated heterocycles. The van der Waals surface area contributed by atoms with Crippen molar-refractivity contribution >= 4 is 0 Å². The summed E-state index contributed by atoms with van der Waals surface area (Å²) in [6, 6.07) is 12.7. The summed E-state index contributed by atoms with van der Waals surface area (Å²) in [7, 11) is 0. The van der Waals surface area contributed by atoms with Crippen molar-refractivity contribution in [2.24, 2.45) is 0 Å². The Balaban J connectivity index is 2.12. The first-order valence-electron chi connectivity index (χ1n) is 6.88. The molecule has 0 bridgehead atoms. The summed E-state index contributed by atoms with van der Waals surface area (Å²) in [5.41, 5.74) is 3.66. The van der Waals surface area contributed by atoms with E-state index < -0.39 is 5.60 Å². The Morgan fingerprint density at radius 3 is 1.95 bits per heavy atom. The van der Waals surface area contributed by atoms with Crippen LogP contribution in [0.2, 0.25) is 0 Å². The van der Waals surface area contributed by atoms with Crippen LogP contribution in [-0.4, -0.2) is 10.7 Å². The number of hydrogen-bond acceptors (Lipinski definition) is 1. The van der Waals surface area contributed by atoms with Gasteiger partial charge in [0.1, 0.15) is 5.82 Å². The molecule has 0 saturated carbocycles. The topological polar surface area (TPSA) is 20.2 Å². The van der Waals surface area contributed by atoms with Crippen molar-refractivity contribution < 1.29 is 9.50 Å². The number of halogens is 1. The summed E-state index contributed by atoms with van der Waals surface area (Å²) in [5, 5.41) is 10.6. The minimum atomic E-state index is -0.835. The molecule has 0 aromatic heterocycles. The lowest BCUT2D eigenvalue weighted by Gasteiger charge is -2.24. The molecule has 20 heavy (non-hydrogen) atoms. The molecule has 2 aromatic carbocycles. The lowest BCUT2D eigenvalue weighted by molar-refractivity contribution is 0.0608. The van der Waals surface area contributed by atoms with Gasteiger partial charge in [0.05, 0.1) is 5.60 Å². The van der Waals surface area contributed by atoms with Crippen molar-refractivity contribution in [1.82, 2.24) is 0 Å². The zero-order chi connectivity index (χ0) is 14.8. The molecule has 0 aliphatic carbocycles. The van der Waals surface area contributed by atoms with E-state index in [2.05, 4.69) is 32.0 Å². The second kappa shape index (κ2) is 5.76. The monoisotopic (exact) mass is 272 g/mol. The molecule has 0 spiro atoms. The van der Waals surface area contributed by atoms with E-state index in [1.807, 2.05) is 6.92 Å². The van der Waals surface area contributed by atoms with Crippen LogP contribution < -0.4 is 0 Å². The average molecular weight is 272 g/mol. The Kier molecular flexibility index (Phi) is 4.24. The molecule has 106 valence electrons. The highest BCUT2D eigenvalue weighted by Gasteiger charge is 2.21. The fraction of sp³-hybridized carbons (Fsp3) is 0.333. The highest BCUT2D eigenvalue weighted by Crippen LogP contribution is 2.20. The Morgan fingerprint density at radius 2 is 1.40 bits per heavy atom. The number of benzene rings is 2. The van der Waals surface area contributed by atoms with Crippen LogP contribution in [0.1, 0.15) is 29.2 Å². The van der Waals surface area contributed by atoms with E-state index in [0.717, 1.165) is 11.1 Å². The van der Waals surface area contributed by atoms with Crippen LogP contribution in [0, 0.1) is 19.7 Å². The molecule has 2 heteroatoms. The maximum Gasteiger partial charge on any atom is 0.123 e. The van der Waals surface area contributed by atoms with E-state index in [-0.39, 0.29) is 5.82 Å². The van der Waals surface area contributed by atoms with Crippen molar-refractivity contribution in [3.63, 3.8) is 0 Å². The number of hydrogen-bond donors (Lipinski definition) is 1. The predicted molar refractivity (Wildman–Crippen MR) is 80.3 cm³/mol. The van der Waals surface area contributed by atoms with Crippen molar-refractivity contribution in [2.45, 2.75) is 39.2 Å². The lowest BCUT2D eigenvalue weighted by Crippen LogP contribution is -2.30. The summed E-state index contributed by atoms with van der Waals surface area (Å²) in [6.45, 7) is 5.95. The quantitative estimate of drug-likeness (QED) is 0.892. The molecule has 0 heterocycles. The molecule has 1 N–H and O–H groups in total. The van der Waals surface area contributed by atoms with Gasteiger partial charge in [-0.15, -0.1) is 0 Å². The van der Waals surface area contributed by atoms with Gasteiger partial charge in [0, 0.05) is 12.8 Å². The maximum atomic E-state index is 12.9. The number of aliphatic hydroxyl groups is 1. The summed E-state index contributed by atoms with van der Waals surface area (Å²) >= 11 is 0. The highest BCUT2D eigenvalue weighted by atomic mass is 19.1. The van der Waals surface area contributed by atoms with Crippen LogP contribution in [0.15, 0.2) is 42.5 Å². The van der Waals surface area contributed by atoms with Crippen molar-refractivity contribution in [2.75, 3.05) is 0 Å². The van der Waals surface area contributed by atoms with E-state index in [1.54, 1.807) is 12.1 Å². The fourth-order valence-electron chi connectivity index (χ4n) is 2.72. The van der Waals surface area contributed by atoms with Gasteiger partial charge in [-0.1, -0.05) is 41.5 Å². The van der Waals surface area contributed by atoms with Gasteiger partial charge in [0.2, 0.25) is 0 Å². The standard InChI is InChI=1S/C18H21FO/c1-13-8-14(2)10-16(9-13)12-18(3,20)11-15-4-6-17(19)7-5-15/h4-10,20H,11-12H2,1-3H3. The van der Waals surface area contributed by atoms with Crippen LogP contribution in [0.25, 0.3) is 0 Å². The van der Waals surface area contributed by atoms with E-state index in [9.17, 15) is 9.50 Å². The summed E-state index contributed by atoms with van der Waals surface area (Å²) in [5.74, 6) is -0.247. The predicted octanol–water partition coefficient (Wildman–Crippen LogP) is 3.98. The Morgan fingerprint density at radius 1 is 0.900 bits per heavy atom. The zero-order valence-electron chi connectivity index (χ0n) is 12.3. The Hall–Kier alpha value is -1.67. The third-order valence-electron chi connectivity index (χ3n) is 3.36. The maximum absolute atomic E-state index is 12.9. The summed E-state index contributed by atoms with van der Waals surface area (Å²) < 4.78 is 12.9. The SMILES string of the molecule is Cc1cc(C)cc(CC(C)(O)Cc2ccc(F)cc2)c1. The first-order chi connectivity index (χ1) is 9.34. The molecule has 1 atom stereocenters. The van der Waals surface area contributed by atoms with Gasteiger partial charge in [0.15, 0.2) is 0 Å². The third-order valence-corrected chi connectivity index (χ3v) is 3.36. The first-order valence-corrected chi connectivity index (χ1v) is 6.88. The van der Waals surface area contributed by atoms with E-state index in [4.69, 9.17) is 0 Å². The van der Waals surface area contributed by atoms with Crippen LogP contribution in [-0.2, 0) is 12.8 Å². The summed E-state index contributed by atoms with van der Waals surface area (Å²) in [4.78, 5) is 0. The van der Waals surface area contributed by atoms with Gasteiger partial charge < -0.3 is 5.11 Å². The molecular weight excluding hydrogens is 251 g/mol. The van der Waals surface area contributed by atoms with Crippen molar-refractivity contribution in [3.05, 3.63) is 70.5 Å². The number of aryl methyl sites for hydroxylation is 2. The Labute approximate surface area is 120 Å². The van der Waals surface area contributed by atoms with Crippen molar-refractivity contribution in [3.8, 4) is 0 Å². The molecule has 0 fully saturated rings. The zero-order valence-corrected chi connectivity index (χ0v) is 12.3. The van der Waals surface area contributed by atoms with E-state index in [0.29, 0.717) is 12.8 Å². The molecule has 1 nitrogen and oxygen atoms in total. The second-order valence-electron chi connectivity index (χ2n) is 5.97.